The van der Waals surface area contributed by atoms with Crippen molar-refractivity contribution in [3.05, 3.63) is 33.9 Å². The molecule has 0 aromatic heterocycles. The first-order valence-corrected chi connectivity index (χ1v) is 5.39. The normalized spacial score (nSPS) is 10.1. The third-order valence-electron chi connectivity index (χ3n) is 2.52. The number of nitrogens with zero attached hydrogens (tertiary/aromatic N) is 2. The van der Waals surface area contributed by atoms with Crippen LogP contribution in [0.2, 0.25) is 0 Å². The number of para-hydroxylation sites is 1. The number of rotatable bonds is 6. The summed E-state index contributed by atoms with van der Waals surface area (Å²) in [6.07, 6.45) is 0. The Morgan fingerprint density at radius 2 is 2.17 bits per heavy atom. The van der Waals surface area contributed by atoms with Gasteiger partial charge in [0.1, 0.15) is 11.3 Å². The Morgan fingerprint density at radius 3 is 2.61 bits per heavy atom. The van der Waals surface area contributed by atoms with Crippen molar-refractivity contribution in [2.45, 2.75) is 6.92 Å². The molecule has 0 aliphatic rings. The molecular weight excluding hydrogens is 240 g/mol. The lowest BCUT2D eigenvalue weighted by atomic mass is 10.1. The molecule has 0 aliphatic carbocycles. The van der Waals surface area contributed by atoms with E-state index in [1.54, 1.807) is 11.8 Å². The number of nitro groups is 1. The molecule has 7 nitrogen and oxygen atoms in total. The molecule has 0 radical (unpaired) electrons. The zero-order valence-corrected chi connectivity index (χ0v) is 9.87. The Hall–Kier alpha value is -2.15. The third kappa shape index (κ3) is 2.75. The van der Waals surface area contributed by atoms with E-state index < -0.39 is 16.6 Å². The van der Waals surface area contributed by atoms with E-state index in [0.29, 0.717) is 6.54 Å². The van der Waals surface area contributed by atoms with E-state index in [4.69, 9.17) is 10.2 Å². The van der Waals surface area contributed by atoms with E-state index in [2.05, 4.69) is 0 Å². The predicted molar refractivity (Wildman–Crippen MR) is 65.0 cm³/mol. The Labute approximate surface area is 103 Å². The van der Waals surface area contributed by atoms with E-state index in [9.17, 15) is 14.9 Å². The average molecular weight is 254 g/mol. The Morgan fingerprint density at radius 1 is 1.50 bits per heavy atom. The van der Waals surface area contributed by atoms with Gasteiger partial charge < -0.3 is 15.1 Å². The summed E-state index contributed by atoms with van der Waals surface area (Å²) in [5.74, 6) is -1.34. The number of carboxylic acids is 1. The first-order valence-electron chi connectivity index (χ1n) is 5.39. The molecule has 0 atom stereocenters. The van der Waals surface area contributed by atoms with Gasteiger partial charge in [0.25, 0.3) is 0 Å². The lowest BCUT2D eigenvalue weighted by molar-refractivity contribution is -0.384. The van der Waals surface area contributed by atoms with Crippen LogP contribution in [0.1, 0.15) is 17.3 Å². The number of hydrogen-bond donors (Lipinski definition) is 2. The SMILES string of the molecule is CCN(CCO)c1cccc(C(=O)O)c1[N+](=O)[O-]. The van der Waals surface area contributed by atoms with Crippen molar-refractivity contribution in [3.8, 4) is 0 Å². The Bertz CT molecular complexity index is 461. The Balaban J connectivity index is 3.38. The van der Waals surface area contributed by atoms with Crippen LogP contribution in [0.15, 0.2) is 18.2 Å². The molecule has 2 N–H and O–H groups in total. The minimum absolute atomic E-state index is 0.164. The van der Waals surface area contributed by atoms with E-state index in [1.807, 2.05) is 0 Å². The molecule has 1 aromatic carbocycles. The van der Waals surface area contributed by atoms with Gasteiger partial charge in [-0.3, -0.25) is 10.1 Å². The maximum atomic E-state index is 11.0. The van der Waals surface area contributed by atoms with Gasteiger partial charge in [-0.05, 0) is 19.1 Å². The van der Waals surface area contributed by atoms with E-state index in [0.717, 1.165) is 0 Å². The summed E-state index contributed by atoms with van der Waals surface area (Å²) in [5, 5.41) is 28.9. The van der Waals surface area contributed by atoms with Gasteiger partial charge in [-0.1, -0.05) is 6.07 Å². The molecular formula is C11H14N2O5. The number of likely N-dealkylation sites (N-methyl/N-ethyl adjacent to an activating group) is 1. The zero-order valence-electron chi connectivity index (χ0n) is 9.87. The lowest BCUT2D eigenvalue weighted by Gasteiger charge is -2.22. The number of nitro benzene ring substituents is 1. The van der Waals surface area contributed by atoms with Gasteiger partial charge >= 0.3 is 11.7 Å². The van der Waals surface area contributed by atoms with E-state index in [-0.39, 0.29) is 24.4 Å². The minimum Gasteiger partial charge on any atom is -0.477 e. The summed E-state index contributed by atoms with van der Waals surface area (Å²) in [6.45, 7) is 2.25. The molecule has 18 heavy (non-hydrogen) atoms. The highest BCUT2D eigenvalue weighted by molar-refractivity contribution is 5.95. The van der Waals surface area contributed by atoms with Crippen molar-refractivity contribution in [3.63, 3.8) is 0 Å². The van der Waals surface area contributed by atoms with Crippen LogP contribution < -0.4 is 4.90 Å². The first kappa shape index (κ1) is 13.9. The van der Waals surface area contributed by atoms with E-state index in [1.165, 1.54) is 18.2 Å². The summed E-state index contributed by atoms with van der Waals surface area (Å²) < 4.78 is 0. The standard InChI is InChI=1S/C11H14N2O5/c1-2-12(6-7-14)9-5-3-4-8(11(15)16)10(9)13(17)18/h3-5,14H,2,6-7H2,1H3,(H,15,16). The summed E-state index contributed by atoms with van der Waals surface area (Å²) in [6, 6.07) is 4.12. The second kappa shape index (κ2) is 5.97. The number of aromatic carboxylic acids is 1. The van der Waals surface area contributed by atoms with Crippen LogP contribution in [0.4, 0.5) is 11.4 Å². The fourth-order valence-electron chi connectivity index (χ4n) is 1.72. The quantitative estimate of drug-likeness (QED) is 0.582. The molecule has 1 rings (SSSR count). The van der Waals surface area contributed by atoms with Crippen LogP contribution in [0.25, 0.3) is 0 Å². The van der Waals surface area contributed by atoms with Gasteiger partial charge in [0, 0.05) is 13.1 Å². The van der Waals surface area contributed by atoms with Crippen LogP contribution in [0.5, 0.6) is 0 Å². The third-order valence-corrected chi connectivity index (χ3v) is 2.52. The monoisotopic (exact) mass is 254 g/mol. The van der Waals surface area contributed by atoms with Crippen LogP contribution in [0.3, 0.4) is 0 Å². The number of carboxylic acid groups (broad SMARTS) is 1. The predicted octanol–water partition coefficient (Wildman–Crippen LogP) is 1.11. The molecule has 0 spiro atoms. The molecule has 0 fully saturated rings. The summed E-state index contributed by atoms with van der Waals surface area (Å²) >= 11 is 0. The van der Waals surface area contributed by atoms with Crippen LogP contribution in [-0.2, 0) is 0 Å². The summed E-state index contributed by atoms with van der Waals surface area (Å²) in [7, 11) is 0. The number of aliphatic hydroxyl groups excluding tert-OH is 1. The summed E-state index contributed by atoms with van der Waals surface area (Å²) in [5.41, 5.74) is -0.592. The van der Waals surface area contributed by atoms with Crippen molar-refractivity contribution in [1.82, 2.24) is 0 Å². The molecule has 0 saturated carbocycles. The van der Waals surface area contributed by atoms with Crippen molar-refractivity contribution in [2.24, 2.45) is 0 Å². The highest BCUT2D eigenvalue weighted by atomic mass is 16.6. The first-order chi connectivity index (χ1) is 8.52. The highest BCUT2D eigenvalue weighted by Gasteiger charge is 2.26. The Kier molecular flexibility index (Phi) is 4.61. The average Bonchev–Trinajstić information content (AvgIpc) is 2.34. The lowest BCUT2D eigenvalue weighted by Crippen LogP contribution is -2.27. The molecule has 0 unspecified atom stereocenters. The van der Waals surface area contributed by atoms with Gasteiger partial charge in [0.05, 0.1) is 11.5 Å². The van der Waals surface area contributed by atoms with Crippen LogP contribution >= 0.6 is 0 Å². The fourth-order valence-corrected chi connectivity index (χ4v) is 1.72. The second-order valence-corrected chi connectivity index (χ2v) is 3.54. The maximum absolute atomic E-state index is 11.0. The number of benzene rings is 1. The van der Waals surface area contributed by atoms with E-state index >= 15 is 0 Å². The maximum Gasteiger partial charge on any atom is 0.342 e. The minimum atomic E-state index is -1.34. The van der Waals surface area contributed by atoms with Crippen molar-refractivity contribution in [2.75, 3.05) is 24.6 Å². The number of aliphatic hydroxyl groups is 1. The molecule has 98 valence electrons. The van der Waals surface area contributed by atoms with Gasteiger partial charge in [0.15, 0.2) is 0 Å². The topological polar surface area (TPSA) is 104 Å². The van der Waals surface area contributed by atoms with Crippen molar-refractivity contribution in [1.29, 1.82) is 0 Å². The molecule has 0 bridgehead atoms. The smallest absolute Gasteiger partial charge is 0.342 e. The van der Waals surface area contributed by atoms with Crippen LogP contribution in [0, 0.1) is 10.1 Å². The number of anilines is 1. The van der Waals surface area contributed by atoms with Gasteiger partial charge in [-0.2, -0.15) is 0 Å². The van der Waals surface area contributed by atoms with Crippen molar-refractivity contribution < 1.29 is 19.9 Å². The molecule has 0 saturated heterocycles. The second-order valence-electron chi connectivity index (χ2n) is 3.54. The molecule has 0 amide bonds. The van der Waals surface area contributed by atoms with Crippen LogP contribution in [-0.4, -0.2) is 40.8 Å². The molecule has 7 heteroatoms. The number of hydrogen-bond acceptors (Lipinski definition) is 5. The highest BCUT2D eigenvalue weighted by Crippen LogP contribution is 2.31. The van der Waals surface area contributed by atoms with Gasteiger partial charge in [-0.15, -0.1) is 0 Å². The molecule has 0 heterocycles. The van der Waals surface area contributed by atoms with Crippen molar-refractivity contribution >= 4 is 17.3 Å². The fraction of sp³-hybridized carbons (Fsp3) is 0.364. The van der Waals surface area contributed by atoms with Gasteiger partial charge in [-0.25, -0.2) is 4.79 Å². The zero-order chi connectivity index (χ0) is 13.7. The molecule has 0 aliphatic heterocycles. The largest absolute Gasteiger partial charge is 0.477 e. The number of carbonyl (C=O) groups is 1. The van der Waals surface area contributed by atoms with Gasteiger partial charge in [0.2, 0.25) is 0 Å². The molecule has 1 aromatic rings. The summed E-state index contributed by atoms with van der Waals surface area (Å²) in [4.78, 5) is 22.9.